The van der Waals surface area contributed by atoms with E-state index in [1.807, 2.05) is 12.1 Å². The van der Waals surface area contributed by atoms with Crippen molar-refractivity contribution in [1.82, 2.24) is 0 Å². The van der Waals surface area contributed by atoms with E-state index in [2.05, 4.69) is 10.6 Å². The third kappa shape index (κ3) is 3.88. The number of hydrogen-bond donors (Lipinski definition) is 2. The molecule has 0 aliphatic carbocycles. The fourth-order valence-electron chi connectivity index (χ4n) is 2.55. The van der Waals surface area contributed by atoms with Gasteiger partial charge in [0.1, 0.15) is 6.61 Å². The number of para-hydroxylation sites is 2. The summed E-state index contributed by atoms with van der Waals surface area (Å²) in [4.78, 5) is 24.1. The molecule has 3 rings (SSSR count). The minimum absolute atomic E-state index is 0.128. The Morgan fingerprint density at radius 2 is 1.77 bits per heavy atom. The number of fused-ring (bicyclic) bond motifs is 1. The van der Waals surface area contributed by atoms with Crippen molar-refractivity contribution >= 4 is 23.4 Å². The summed E-state index contributed by atoms with van der Waals surface area (Å²) in [5, 5.41) is 5.47. The highest BCUT2D eigenvalue weighted by molar-refractivity contribution is 5.97. The van der Waals surface area contributed by atoms with Crippen LogP contribution in [0.15, 0.2) is 42.5 Å². The fourth-order valence-corrected chi connectivity index (χ4v) is 2.55. The van der Waals surface area contributed by atoms with Crippen molar-refractivity contribution in [3.63, 3.8) is 0 Å². The van der Waals surface area contributed by atoms with Crippen molar-refractivity contribution in [2.24, 2.45) is 0 Å². The second kappa shape index (κ2) is 7.77. The maximum atomic E-state index is 12.5. The van der Waals surface area contributed by atoms with Crippen LogP contribution in [0.1, 0.15) is 12.5 Å². The van der Waals surface area contributed by atoms with Crippen molar-refractivity contribution in [2.75, 3.05) is 23.8 Å². The Morgan fingerprint density at radius 3 is 2.50 bits per heavy atom. The van der Waals surface area contributed by atoms with Gasteiger partial charge in [0.05, 0.1) is 6.61 Å². The number of amides is 2. The van der Waals surface area contributed by atoms with Gasteiger partial charge < -0.3 is 19.5 Å². The molecule has 1 aliphatic rings. The first-order chi connectivity index (χ1) is 12.6. The monoisotopic (exact) mass is 356 g/mol. The molecule has 7 nitrogen and oxygen atoms in total. The Balaban J connectivity index is 1.69. The predicted molar refractivity (Wildman–Crippen MR) is 96.8 cm³/mol. The summed E-state index contributed by atoms with van der Waals surface area (Å²) in [6.45, 7) is 3.93. The van der Waals surface area contributed by atoms with Crippen molar-refractivity contribution < 1.29 is 23.8 Å². The second-order valence-electron chi connectivity index (χ2n) is 5.68. The van der Waals surface area contributed by atoms with Gasteiger partial charge in [-0.2, -0.15) is 0 Å². The number of nitrogens with one attached hydrogen (secondary N) is 2. The van der Waals surface area contributed by atoms with E-state index in [1.165, 1.54) is 0 Å². The van der Waals surface area contributed by atoms with Crippen molar-refractivity contribution in [3.05, 3.63) is 48.0 Å². The molecule has 2 N–H and O–H groups in total. The molecule has 1 atom stereocenters. The molecular formula is C19H20N2O5. The number of hydrogen-bond acceptors (Lipinski definition) is 5. The van der Waals surface area contributed by atoms with Gasteiger partial charge in [0.25, 0.3) is 5.91 Å². The summed E-state index contributed by atoms with van der Waals surface area (Å²) in [5.74, 6) is 0.831. The normalized spacial score (nSPS) is 15.1. The van der Waals surface area contributed by atoms with E-state index in [1.54, 1.807) is 44.2 Å². The number of rotatable bonds is 4. The molecule has 26 heavy (non-hydrogen) atoms. The van der Waals surface area contributed by atoms with Crippen LogP contribution >= 0.6 is 0 Å². The minimum Gasteiger partial charge on any atom is -0.485 e. The number of anilines is 2. The average Bonchev–Trinajstić information content (AvgIpc) is 2.64. The third-order valence-electron chi connectivity index (χ3n) is 3.90. The molecule has 2 aromatic rings. The van der Waals surface area contributed by atoms with Gasteiger partial charge in [0.2, 0.25) is 6.10 Å². The predicted octanol–water partition coefficient (Wildman–Crippen LogP) is 3.34. The van der Waals surface area contributed by atoms with Gasteiger partial charge in [-0.3, -0.25) is 10.1 Å². The van der Waals surface area contributed by atoms with Gasteiger partial charge in [-0.15, -0.1) is 0 Å². The van der Waals surface area contributed by atoms with Crippen molar-refractivity contribution in [2.45, 2.75) is 20.0 Å². The smallest absolute Gasteiger partial charge is 0.411 e. The first-order valence-corrected chi connectivity index (χ1v) is 8.31. The summed E-state index contributed by atoms with van der Waals surface area (Å²) in [5.41, 5.74) is 1.85. The van der Waals surface area contributed by atoms with Gasteiger partial charge in [0, 0.05) is 11.4 Å². The zero-order valence-electron chi connectivity index (χ0n) is 14.6. The maximum Gasteiger partial charge on any atom is 0.411 e. The molecule has 2 aromatic carbocycles. The molecule has 0 spiro atoms. The number of benzene rings is 2. The van der Waals surface area contributed by atoms with Crippen molar-refractivity contribution in [1.29, 1.82) is 0 Å². The van der Waals surface area contributed by atoms with E-state index in [0.29, 0.717) is 28.4 Å². The summed E-state index contributed by atoms with van der Waals surface area (Å²) in [6, 6.07) is 12.4. The summed E-state index contributed by atoms with van der Waals surface area (Å²) >= 11 is 0. The van der Waals surface area contributed by atoms with Crippen LogP contribution in [-0.2, 0) is 9.53 Å². The fraction of sp³-hybridized carbons (Fsp3) is 0.263. The molecule has 1 aliphatic heterocycles. The molecule has 7 heteroatoms. The summed E-state index contributed by atoms with van der Waals surface area (Å²) in [6.07, 6.45) is -1.30. The lowest BCUT2D eigenvalue weighted by Crippen LogP contribution is -2.40. The molecule has 2 amide bonds. The van der Waals surface area contributed by atoms with E-state index in [-0.39, 0.29) is 19.1 Å². The zero-order chi connectivity index (χ0) is 18.5. The molecule has 0 bridgehead atoms. The second-order valence-corrected chi connectivity index (χ2v) is 5.68. The Morgan fingerprint density at radius 1 is 1.08 bits per heavy atom. The van der Waals surface area contributed by atoms with Gasteiger partial charge in [-0.1, -0.05) is 18.2 Å². The largest absolute Gasteiger partial charge is 0.485 e. The Labute approximate surface area is 151 Å². The van der Waals surface area contributed by atoms with Gasteiger partial charge in [-0.05, 0) is 43.7 Å². The Bertz CT molecular complexity index is 821. The minimum atomic E-state index is -0.758. The lowest BCUT2D eigenvalue weighted by Gasteiger charge is -2.26. The quantitative estimate of drug-likeness (QED) is 0.877. The van der Waals surface area contributed by atoms with Gasteiger partial charge in [0.15, 0.2) is 11.5 Å². The highest BCUT2D eigenvalue weighted by atomic mass is 16.6. The first-order valence-electron chi connectivity index (χ1n) is 8.31. The van der Waals surface area contributed by atoms with E-state index in [0.717, 1.165) is 0 Å². The average molecular weight is 356 g/mol. The molecule has 0 saturated carbocycles. The van der Waals surface area contributed by atoms with E-state index in [9.17, 15) is 9.59 Å². The molecule has 0 fully saturated rings. The number of carbonyl (C=O) groups excluding carboxylic acids is 2. The molecule has 0 saturated heterocycles. The van der Waals surface area contributed by atoms with Crippen LogP contribution in [0.25, 0.3) is 0 Å². The van der Waals surface area contributed by atoms with Crippen LogP contribution in [-0.4, -0.2) is 31.3 Å². The summed E-state index contributed by atoms with van der Waals surface area (Å²) < 4.78 is 16.2. The van der Waals surface area contributed by atoms with Crippen LogP contribution in [0.3, 0.4) is 0 Å². The van der Waals surface area contributed by atoms with Gasteiger partial charge >= 0.3 is 6.09 Å². The lowest BCUT2D eigenvalue weighted by molar-refractivity contribution is -0.125. The Kier molecular flexibility index (Phi) is 5.26. The highest BCUT2D eigenvalue weighted by Crippen LogP contribution is 2.31. The van der Waals surface area contributed by atoms with Crippen LogP contribution < -0.4 is 20.1 Å². The molecule has 1 heterocycles. The molecule has 136 valence electrons. The summed E-state index contributed by atoms with van der Waals surface area (Å²) in [7, 11) is 0. The third-order valence-corrected chi connectivity index (χ3v) is 3.90. The molecular weight excluding hydrogens is 336 g/mol. The Hall–Kier alpha value is -3.22. The van der Waals surface area contributed by atoms with Crippen LogP contribution in [0.2, 0.25) is 0 Å². The van der Waals surface area contributed by atoms with Crippen LogP contribution in [0.4, 0.5) is 16.2 Å². The highest BCUT2D eigenvalue weighted by Gasteiger charge is 2.27. The standard InChI is InChI=1S/C19H20N2O5/c1-3-24-19(23)21-14-8-6-7-13(12(14)2)20-18(22)17-11-25-15-9-4-5-10-16(15)26-17/h4-10,17H,3,11H2,1-2H3,(H,20,22)(H,21,23)/t17-/m0/s1. The first kappa shape index (κ1) is 17.6. The molecule has 0 radical (unpaired) electrons. The maximum absolute atomic E-state index is 12.5. The lowest BCUT2D eigenvalue weighted by atomic mass is 10.1. The topological polar surface area (TPSA) is 85.9 Å². The van der Waals surface area contributed by atoms with E-state index in [4.69, 9.17) is 14.2 Å². The zero-order valence-corrected chi connectivity index (χ0v) is 14.6. The number of carbonyl (C=O) groups is 2. The SMILES string of the molecule is CCOC(=O)Nc1cccc(NC(=O)[C@@H]2COc3ccccc3O2)c1C. The van der Waals surface area contributed by atoms with Crippen LogP contribution in [0.5, 0.6) is 11.5 Å². The van der Waals surface area contributed by atoms with E-state index < -0.39 is 12.2 Å². The molecule has 0 aromatic heterocycles. The van der Waals surface area contributed by atoms with Gasteiger partial charge in [-0.25, -0.2) is 4.79 Å². The van der Waals surface area contributed by atoms with Crippen molar-refractivity contribution in [3.8, 4) is 11.5 Å². The van der Waals surface area contributed by atoms with E-state index >= 15 is 0 Å². The van der Waals surface area contributed by atoms with Crippen LogP contribution in [0, 0.1) is 6.92 Å². The molecule has 0 unspecified atom stereocenters. The number of ether oxygens (including phenoxy) is 3.